The summed E-state index contributed by atoms with van der Waals surface area (Å²) in [6.07, 6.45) is 11.7. The second kappa shape index (κ2) is 18.9. The van der Waals surface area contributed by atoms with Gasteiger partial charge in [-0.25, -0.2) is 0 Å². The third kappa shape index (κ3) is 24.3. The van der Waals surface area contributed by atoms with E-state index in [1.807, 2.05) is 6.92 Å². The molecule has 0 aromatic carbocycles. The molecule has 1 atom stereocenters. The SMILES string of the molecule is CCCCCCC(C)ON=O.CCCCCCCC(=O)O. The van der Waals surface area contributed by atoms with Gasteiger partial charge in [0.2, 0.25) is 0 Å². The van der Waals surface area contributed by atoms with Crippen LogP contribution in [0.4, 0.5) is 0 Å². The number of carboxylic acid groups (broad SMARTS) is 1. The Bertz CT molecular complexity index is 234. The molecule has 1 N–H and O–H groups in total. The van der Waals surface area contributed by atoms with Crippen molar-refractivity contribution in [3.8, 4) is 0 Å². The minimum absolute atomic E-state index is 0.00986. The van der Waals surface area contributed by atoms with Gasteiger partial charge in [-0.05, 0) is 26.2 Å². The molecule has 0 aliphatic rings. The van der Waals surface area contributed by atoms with E-state index >= 15 is 0 Å². The van der Waals surface area contributed by atoms with Crippen molar-refractivity contribution >= 4 is 5.97 Å². The van der Waals surface area contributed by atoms with E-state index < -0.39 is 5.97 Å². The molecular weight excluding hydrogens is 270 g/mol. The third-order valence-corrected chi connectivity index (χ3v) is 3.18. The van der Waals surface area contributed by atoms with Crippen LogP contribution >= 0.6 is 0 Å². The second-order valence-corrected chi connectivity index (χ2v) is 5.40. The molecule has 1 unspecified atom stereocenters. The molecule has 0 aliphatic heterocycles. The summed E-state index contributed by atoms with van der Waals surface area (Å²) in [5, 5.41) is 10.7. The van der Waals surface area contributed by atoms with Crippen LogP contribution in [0.5, 0.6) is 0 Å². The van der Waals surface area contributed by atoms with Gasteiger partial charge in [0.25, 0.3) is 0 Å². The van der Waals surface area contributed by atoms with E-state index in [0.29, 0.717) is 6.42 Å². The molecule has 5 heteroatoms. The molecule has 0 fully saturated rings. The predicted molar refractivity (Wildman–Crippen MR) is 86.1 cm³/mol. The van der Waals surface area contributed by atoms with E-state index in [0.717, 1.165) is 25.7 Å². The first kappa shape index (κ1) is 22.2. The molecule has 126 valence electrons. The van der Waals surface area contributed by atoms with Crippen LogP contribution in [0, 0.1) is 4.91 Å². The first-order chi connectivity index (χ1) is 10.1. The summed E-state index contributed by atoms with van der Waals surface area (Å²) in [6, 6.07) is 0. The van der Waals surface area contributed by atoms with Crippen molar-refractivity contribution < 1.29 is 14.7 Å². The normalized spacial score (nSPS) is 11.2. The average molecular weight is 303 g/mol. The zero-order valence-corrected chi connectivity index (χ0v) is 14.0. The monoisotopic (exact) mass is 303 g/mol. The second-order valence-electron chi connectivity index (χ2n) is 5.40. The Morgan fingerprint density at radius 2 is 1.52 bits per heavy atom. The molecule has 0 aromatic rings. The molecule has 0 saturated heterocycles. The van der Waals surface area contributed by atoms with Gasteiger partial charge in [-0.1, -0.05) is 58.8 Å². The van der Waals surface area contributed by atoms with Crippen molar-refractivity contribution in [3.63, 3.8) is 0 Å². The Balaban J connectivity index is 0. The number of hydrogen-bond donors (Lipinski definition) is 1. The first-order valence-corrected chi connectivity index (χ1v) is 8.28. The zero-order chi connectivity index (χ0) is 16.3. The summed E-state index contributed by atoms with van der Waals surface area (Å²) in [6.45, 7) is 6.19. The Morgan fingerprint density at radius 3 is 2.00 bits per heavy atom. The number of hydrogen-bond acceptors (Lipinski definition) is 4. The highest BCUT2D eigenvalue weighted by atomic mass is 16.7. The summed E-state index contributed by atoms with van der Waals surface area (Å²) >= 11 is 0. The van der Waals surface area contributed by atoms with Crippen LogP contribution in [0.2, 0.25) is 0 Å². The maximum Gasteiger partial charge on any atom is 0.303 e. The molecule has 0 amide bonds. The quantitative estimate of drug-likeness (QED) is 0.278. The molecule has 0 heterocycles. The highest BCUT2D eigenvalue weighted by Gasteiger charge is 2.01. The van der Waals surface area contributed by atoms with Crippen molar-refractivity contribution in [2.24, 2.45) is 5.34 Å². The molecule has 0 saturated carbocycles. The summed E-state index contributed by atoms with van der Waals surface area (Å²) in [4.78, 5) is 24.2. The van der Waals surface area contributed by atoms with Crippen LogP contribution in [0.1, 0.15) is 91.4 Å². The molecular formula is C16H33NO4. The molecule has 0 aromatic heterocycles. The van der Waals surface area contributed by atoms with Crippen LogP contribution in [-0.2, 0) is 9.63 Å². The van der Waals surface area contributed by atoms with Gasteiger partial charge in [0.1, 0.15) is 6.10 Å². The Labute approximate surface area is 129 Å². The molecule has 0 rings (SSSR count). The lowest BCUT2D eigenvalue weighted by Crippen LogP contribution is -2.02. The Kier molecular flexibility index (Phi) is 19.9. The van der Waals surface area contributed by atoms with Crippen molar-refractivity contribution in [1.29, 1.82) is 0 Å². The van der Waals surface area contributed by atoms with E-state index in [1.165, 1.54) is 38.5 Å². The smallest absolute Gasteiger partial charge is 0.303 e. The maximum absolute atomic E-state index is 10.0. The van der Waals surface area contributed by atoms with E-state index in [2.05, 4.69) is 24.0 Å². The minimum Gasteiger partial charge on any atom is -0.481 e. The number of nitrogens with zero attached hydrogens (tertiary/aromatic N) is 1. The van der Waals surface area contributed by atoms with Crippen LogP contribution in [0.25, 0.3) is 0 Å². The number of carbonyl (C=O) groups is 1. The lowest BCUT2D eigenvalue weighted by atomic mass is 10.1. The summed E-state index contributed by atoms with van der Waals surface area (Å²) in [7, 11) is 0. The zero-order valence-electron chi connectivity index (χ0n) is 14.0. The van der Waals surface area contributed by atoms with E-state index in [-0.39, 0.29) is 6.10 Å². The molecule has 0 radical (unpaired) electrons. The lowest BCUT2D eigenvalue weighted by Gasteiger charge is -2.05. The minimum atomic E-state index is -0.670. The highest BCUT2D eigenvalue weighted by molar-refractivity contribution is 5.66. The van der Waals surface area contributed by atoms with Crippen molar-refractivity contribution in [1.82, 2.24) is 0 Å². The largest absolute Gasteiger partial charge is 0.481 e. The number of rotatable bonds is 13. The Morgan fingerprint density at radius 1 is 1.00 bits per heavy atom. The number of unbranched alkanes of at least 4 members (excludes halogenated alkanes) is 7. The molecule has 21 heavy (non-hydrogen) atoms. The van der Waals surface area contributed by atoms with Crippen molar-refractivity contribution in [3.05, 3.63) is 4.91 Å². The first-order valence-electron chi connectivity index (χ1n) is 8.28. The fourth-order valence-electron chi connectivity index (χ4n) is 1.86. The van der Waals surface area contributed by atoms with Crippen LogP contribution in [-0.4, -0.2) is 17.2 Å². The fourth-order valence-corrected chi connectivity index (χ4v) is 1.86. The van der Waals surface area contributed by atoms with E-state index in [9.17, 15) is 9.70 Å². The van der Waals surface area contributed by atoms with Crippen LogP contribution < -0.4 is 0 Å². The topological polar surface area (TPSA) is 76.0 Å². The van der Waals surface area contributed by atoms with Gasteiger partial charge in [0.05, 0.1) is 0 Å². The fraction of sp³-hybridized carbons (Fsp3) is 0.938. The number of aliphatic carboxylic acids is 1. The average Bonchev–Trinajstić information content (AvgIpc) is 2.44. The van der Waals surface area contributed by atoms with E-state index in [1.54, 1.807) is 0 Å². The number of carboxylic acids is 1. The summed E-state index contributed by atoms with van der Waals surface area (Å²) in [5.41, 5.74) is 0. The molecule has 0 spiro atoms. The van der Waals surface area contributed by atoms with Crippen molar-refractivity contribution in [2.75, 3.05) is 0 Å². The standard InChI is InChI=1S/C8H17NO2.C8H16O2/c1-3-4-5-6-7-8(2)11-9-10;1-2-3-4-5-6-7-8(9)10/h8H,3-7H2,1-2H3;2-7H2,1H3,(H,9,10). The van der Waals surface area contributed by atoms with Gasteiger partial charge >= 0.3 is 5.97 Å². The van der Waals surface area contributed by atoms with Gasteiger partial charge in [-0.15, -0.1) is 4.91 Å². The van der Waals surface area contributed by atoms with Gasteiger partial charge in [0, 0.05) is 6.42 Å². The van der Waals surface area contributed by atoms with E-state index in [4.69, 9.17) is 5.11 Å². The van der Waals surface area contributed by atoms with Gasteiger partial charge in [0.15, 0.2) is 5.34 Å². The predicted octanol–water partition coefficient (Wildman–Crippen LogP) is 5.47. The maximum atomic E-state index is 10.0. The lowest BCUT2D eigenvalue weighted by molar-refractivity contribution is -0.137. The van der Waals surface area contributed by atoms with Crippen LogP contribution in [0.3, 0.4) is 0 Å². The van der Waals surface area contributed by atoms with Gasteiger partial charge in [-0.2, -0.15) is 0 Å². The van der Waals surface area contributed by atoms with Gasteiger partial charge < -0.3 is 9.94 Å². The molecule has 0 bridgehead atoms. The molecule has 5 nitrogen and oxygen atoms in total. The van der Waals surface area contributed by atoms with Crippen LogP contribution in [0.15, 0.2) is 5.34 Å². The highest BCUT2D eigenvalue weighted by Crippen LogP contribution is 2.07. The Hall–Kier alpha value is -1.13. The molecule has 0 aliphatic carbocycles. The summed E-state index contributed by atoms with van der Waals surface area (Å²) in [5.74, 6) is -0.670. The van der Waals surface area contributed by atoms with Crippen molar-refractivity contribution in [2.45, 2.75) is 97.5 Å². The summed E-state index contributed by atoms with van der Waals surface area (Å²) < 4.78 is 0. The van der Waals surface area contributed by atoms with Gasteiger partial charge in [-0.3, -0.25) is 4.79 Å². The third-order valence-electron chi connectivity index (χ3n) is 3.18.